The van der Waals surface area contributed by atoms with Crippen molar-refractivity contribution in [3.05, 3.63) is 77.0 Å². The highest BCUT2D eigenvalue weighted by molar-refractivity contribution is 6.06. The van der Waals surface area contributed by atoms with Gasteiger partial charge in [-0.15, -0.1) is 0 Å². The number of rotatable bonds is 8. The summed E-state index contributed by atoms with van der Waals surface area (Å²) >= 11 is 0. The van der Waals surface area contributed by atoms with Gasteiger partial charge < -0.3 is 16.5 Å². The molecule has 172 valence electrons. The summed E-state index contributed by atoms with van der Waals surface area (Å²) in [6, 6.07) is 7.98. The number of allylic oxidation sites excluding steroid dienone is 1. The normalized spacial score (nSPS) is 12.3. The van der Waals surface area contributed by atoms with Crippen LogP contribution in [0.3, 0.4) is 0 Å². The Morgan fingerprint density at radius 2 is 1.97 bits per heavy atom. The molecule has 0 unspecified atom stereocenters. The number of hydrogen-bond donors (Lipinski definition) is 4. The van der Waals surface area contributed by atoms with Crippen LogP contribution in [0.25, 0.3) is 11.1 Å². The topological polar surface area (TPSA) is 166 Å². The summed E-state index contributed by atoms with van der Waals surface area (Å²) in [5.41, 5.74) is 13.3. The molecule has 2 heterocycles. The van der Waals surface area contributed by atoms with Gasteiger partial charge in [-0.05, 0) is 23.9 Å². The maximum atomic E-state index is 13.9. The second kappa shape index (κ2) is 10.7. The lowest BCUT2D eigenvalue weighted by molar-refractivity contribution is 0.140. The average Bonchev–Trinajstić information content (AvgIpc) is 3.21. The van der Waals surface area contributed by atoms with Gasteiger partial charge in [-0.3, -0.25) is 10.4 Å². The lowest BCUT2D eigenvalue weighted by atomic mass is 10.0. The lowest BCUT2D eigenvalue weighted by Gasteiger charge is -2.05. The maximum absolute atomic E-state index is 13.9. The van der Waals surface area contributed by atoms with Crippen LogP contribution in [0.15, 0.2) is 58.4 Å². The molecule has 1 aromatic carbocycles. The number of aromatic nitrogens is 3. The van der Waals surface area contributed by atoms with Crippen LogP contribution in [-0.2, 0) is 6.42 Å². The molecule has 3 rings (SSSR count). The van der Waals surface area contributed by atoms with Crippen molar-refractivity contribution in [1.82, 2.24) is 15.0 Å². The van der Waals surface area contributed by atoms with E-state index >= 15 is 0 Å². The first kappa shape index (κ1) is 23.9. The van der Waals surface area contributed by atoms with E-state index in [2.05, 4.69) is 31.0 Å². The molecule has 0 bridgehead atoms. The largest absolute Gasteiger partial charge is 0.404 e. The third-order valence-corrected chi connectivity index (χ3v) is 4.62. The van der Waals surface area contributed by atoms with Crippen LogP contribution in [0, 0.1) is 22.6 Å². The van der Waals surface area contributed by atoms with Crippen LogP contribution < -0.4 is 11.5 Å². The fraction of sp³-hybridized carbons (Fsp3) is 0.0909. The minimum atomic E-state index is -2.86. The smallest absolute Gasteiger partial charge is 0.297 e. The summed E-state index contributed by atoms with van der Waals surface area (Å²) in [6.07, 6.45) is 2.82. The Balaban J connectivity index is 2.06. The number of H-pyrrole nitrogens is 1. The fourth-order valence-electron chi connectivity index (χ4n) is 3.06. The average molecular weight is 465 g/mol. The first-order chi connectivity index (χ1) is 16.4. The molecule has 0 amide bonds. The minimum Gasteiger partial charge on any atom is -0.404 e. The van der Waals surface area contributed by atoms with E-state index in [-0.39, 0.29) is 40.3 Å². The van der Waals surface area contributed by atoms with Crippen molar-refractivity contribution in [1.29, 1.82) is 10.7 Å². The van der Waals surface area contributed by atoms with Crippen LogP contribution in [-0.4, -0.2) is 33.3 Å². The molecule has 0 saturated heterocycles. The molecular formula is C22H18F3N9. The molecular weight excluding hydrogens is 447 g/mol. The summed E-state index contributed by atoms with van der Waals surface area (Å²) in [4.78, 5) is 18.1. The summed E-state index contributed by atoms with van der Waals surface area (Å²) in [5, 5.41) is 17.0. The number of aliphatic imine (C=N–C) groups is 2. The number of benzene rings is 1. The number of nitrogens with one attached hydrogen (secondary N) is 2. The van der Waals surface area contributed by atoms with E-state index in [9.17, 15) is 18.4 Å². The van der Waals surface area contributed by atoms with Gasteiger partial charge in [-0.25, -0.2) is 28.1 Å². The zero-order valence-corrected chi connectivity index (χ0v) is 17.5. The molecule has 0 aliphatic rings. The predicted octanol–water partition coefficient (Wildman–Crippen LogP) is 3.52. The zero-order chi connectivity index (χ0) is 24.7. The lowest BCUT2D eigenvalue weighted by Crippen LogP contribution is -2.15. The van der Waals surface area contributed by atoms with Gasteiger partial charge in [0.05, 0.1) is 16.9 Å². The molecule has 0 aliphatic carbocycles. The molecule has 9 nitrogen and oxygen atoms in total. The van der Waals surface area contributed by atoms with E-state index < -0.39 is 18.1 Å². The fourth-order valence-corrected chi connectivity index (χ4v) is 3.06. The molecule has 2 aromatic heterocycles. The van der Waals surface area contributed by atoms with E-state index in [4.69, 9.17) is 16.9 Å². The van der Waals surface area contributed by atoms with Crippen LogP contribution >= 0.6 is 0 Å². The third-order valence-electron chi connectivity index (χ3n) is 4.62. The Morgan fingerprint density at radius 1 is 1.26 bits per heavy atom. The molecule has 0 spiro atoms. The Kier molecular flexibility index (Phi) is 7.50. The predicted molar refractivity (Wildman–Crippen MR) is 122 cm³/mol. The number of alkyl halides is 2. The number of nitrogens with zero attached hydrogens (tertiary/aromatic N) is 5. The van der Waals surface area contributed by atoms with Crippen molar-refractivity contribution in [2.45, 2.75) is 12.8 Å². The molecule has 0 aliphatic heterocycles. The van der Waals surface area contributed by atoms with Gasteiger partial charge in [-0.2, -0.15) is 5.26 Å². The van der Waals surface area contributed by atoms with E-state index in [1.54, 1.807) is 6.07 Å². The molecule has 0 fully saturated rings. The molecule has 0 saturated carbocycles. The molecule has 12 heteroatoms. The highest BCUT2D eigenvalue weighted by Gasteiger charge is 2.23. The second-order valence-electron chi connectivity index (χ2n) is 6.74. The van der Waals surface area contributed by atoms with Gasteiger partial charge in [0, 0.05) is 41.8 Å². The standard InChI is InChI=1S/C22H18F3N9/c23-15-3-1-2-4-16(15)30-8-12(6-26)5-17-14(7-27)18(19(34-17)21(29)33-11-28)13-9-31-22(20(24)25)32-10-13/h1-4,6,8-11,20,34H,5,26H2,(H3,28,29,33). The second-order valence-corrected chi connectivity index (χ2v) is 6.74. The summed E-state index contributed by atoms with van der Waals surface area (Å²) < 4.78 is 39.6. The Morgan fingerprint density at radius 3 is 2.56 bits per heavy atom. The summed E-state index contributed by atoms with van der Waals surface area (Å²) in [6.45, 7) is 0. The Labute approximate surface area is 191 Å². The van der Waals surface area contributed by atoms with Crippen molar-refractivity contribution >= 4 is 24.1 Å². The van der Waals surface area contributed by atoms with Crippen LogP contribution in [0.2, 0.25) is 0 Å². The van der Waals surface area contributed by atoms with Crippen LogP contribution in [0.4, 0.5) is 18.9 Å². The molecule has 3 aromatic rings. The number of nitrogens with two attached hydrogens (primary N) is 2. The zero-order valence-electron chi connectivity index (χ0n) is 17.5. The Bertz CT molecular complexity index is 1320. The first-order valence-electron chi connectivity index (χ1n) is 9.66. The molecule has 0 radical (unpaired) electrons. The number of halogens is 3. The van der Waals surface area contributed by atoms with Crippen LogP contribution in [0.1, 0.15) is 29.2 Å². The number of aromatic amines is 1. The summed E-state index contributed by atoms with van der Waals surface area (Å²) in [7, 11) is 0. The minimum absolute atomic E-state index is 0.0676. The van der Waals surface area contributed by atoms with Crippen molar-refractivity contribution < 1.29 is 13.2 Å². The molecule has 34 heavy (non-hydrogen) atoms. The van der Waals surface area contributed by atoms with Gasteiger partial charge in [0.25, 0.3) is 6.43 Å². The van der Waals surface area contributed by atoms with Crippen molar-refractivity contribution in [2.24, 2.45) is 21.5 Å². The van der Waals surface area contributed by atoms with Gasteiger partial charge in [0.1, 0.15) is 24.1 Å². The van der Waals surface area contributed by atoms with E-state index in [1.165, 1.54) is 30.6 Å². The number of hydrogen-bond acceptors (Lipinski definition) is 6. The van der Waals surface area contributed by atoms with Crippen molar-refractivity contribution in [2.75, 3.05) is 0 Å². The quantitative estimate of drug-likeness (QED) is 0.295. The van der Waals surface area contributed by atoms with E-state index in [0.717, 1.165) is 12.4 Å². The summed E-state index contributed by atoms with van der Waals surface area (Å²) in [5.74, 6) is -1.30. The van der Waals surface area contributed by atoms with Gasteiger partial charge in [0.15, 0.2) is 5.82 Å². The van der Waals surface area contributed by atoms with E-state index in [0.29, 0.717) is 17.6 Å². The van der Waals surface area contributed by atoms with E-state index in [1.807, 2.05) is 0 Å². The highest BCUT2D eigenvalue weighted by Crippen LogP contribution is 2.31. The number of nitriles is 1. The monoisotopic (exact) mass is 465 g/mol. The maximum Gasteiger partial charge on any atom is 0.297 e. The molecule has 6 N–H and O–H groups in total. The highest BCUT2D eigenvalue weighted by atomic mass is 19.3. The first-order valence-corrected chi connectivity index (χ1v) is 9.66. The molecule has 0 atom stereocenters. The Hall–Kier alpha value is -4.79. The SMILES string of the molecule is N#Cc1c(CC(C=Nc2ccccc2F)=CN)[nH]c(C(N)=NC=N)c1-c1cnc(C(F)F)nc1. The van der Waals surface area contributed by atoms with Crippen molar-refractivity contribution in [3.8, 4) is 17.2 Å². The van der Waals surface area contributed by atoms with Gasteiger partial charge in [-0.1, -0.05) is 12.1 Å². The van der Waals surface area contributed by atoms with Gasteiger partial charge >= 0.3 is 0 Å². The van der Waals surface area contributed by atoms with Gasteiger partial charge in [0.2, 0.25) is 0 Å². The number of amidine groups is 1. The van der Waals surface area contributed by atoms with Crippen molar-refractivity contribution in [3.63, 3.8) is 0 Å². The number of para-hydroxylation sites is 1. The van der Waals surface area contributed by atoms with Crippen LogP contribution in [0.5, 0.6) is 0 Å². The third kappa shape index (κ3) is 5.16.